The summed E-state index contributed by atoms with van der Waals surface area (Å²) in [4.78, 5) is 34.3. The van der Waals surface area contributed by atoms with Gasteiger partial charge in [0, 0.05) is 56.6 Å². The van der Waals surface area contributed by atoms with E-state index in [1.807, 2.05) is 51.6 Å². The maximum Gasteiger partial charge on any atom is 0.227 e. The van der Waals surface area contributed by atoms with Gasteiger partial charge in [0.25, 0.3) is 0 Å². The summed E-state index contributed by atoms with van der Waals surface area (Å²) in [6.07, 6.45) is 1.22. The van der Waals surface area contributed by atoms with E-state index in [-0.39, 0.29) is 23.7 Å². The van der Waals surface area contributed by atoms with Crippen molar-refractivity contribution < 1.29 is 9.59 Å². The Morgan fingerprint density at radius 2 is 1.51 bits per heavy atom. The van der Waals surface area contributed by atoms with Crippen LogP contribution < -0.4 is 0 Å². The average molecular weight is 488 g/mol. The Hall–Kier alpha value is -2.96. The lowest BCUT2D eigenvalue weighted by atomic mass is 9.83. The van der Waals surface area contributed by atoms with Gasteiger partial charge in [-0.25, -0.2) is 0 Å². The molecule has 0 radical (unpaired) electrons. The van der Waals surface area contributed by atoms with E-state index in [9.17, 15) is 9.59 Å². The van der Waals surface area contributed by atoms with Gasteiger partial charge in [-0.1, -0.05) is 66.7 Å². The zero-order valence-corrected chi connectivity index (χ0v) is 20.9. The van der Waals surface area contributed by atoms with E-state index in [4.69, 9.17) is 0 Å². The number of hydrogen-bond donors (Lipinski definition) is 0. The Balaban J connectivity index is 1.24. The van der Waals surface area contributed by atoms with Crippen LogP contribution in [-0.4, -0.2) is 65.8 Å². The zero-order chi connectivity index (χ0) is 24.0. The number of nitrogens with zero attached hydrogens (tertiary/aromatic N) is 3. The quantitative estimate of drug-likeness (QED) is 0.522. The standard InChI is InChI=1S/C29H33N3O2S/c33-28(19-27-12-7-17-35-27)32-21-25(24-10-5-2-6-11-24)18-26(22-32)29(34)31-15-13-30(14-16-31)20-23-8-3-1-4-9-23/h1-12,17,25-26H,13-16,18-22H2. The van der Waals surface area contributed by atoms with Crippen LogP contribution in [0, 0.1) is 5.92 Å². The first-order chi connectivity index (χ1) is 17.2. The number of carbonyl (C=O) groups is 2. The number of carbonyl (C=O) groups excluding carboxylic acids is 2. The summed E-state index contributed by atoms with van der Waals surface area (Å²) in [6, 6.07) is 24.9. The maximum absolute atomic E-state index is 13.7. The lowest BCUT2D eigenvalue weighted by molar-refractivity contribution is -0.142. The first-order valence-corrected chi connectivity index (χ1v) is 13.4. The van der Waals surface area contributed by atoms with E-state index in [0.29, 0.717) is 19.5 Å². The molecule has 35 heavy (non-hydrogen) atoms. The summed E-state index contributed by atoms with van der Waals surface area (Å²) in [6.45, 7) is 5.41. The largest absolute Gasteiger partial charge is 0.341 e. The maximum atomic E-state index is 13.7. The topological polar surface area (TPSA) is 43.9 Å². The van der Waals surface area contributed by atoms with Gasteiger partial charge in [0.15, 0.2) is 0 Å². The van der Waals surface area contributed by atoms with Crippen molar-refractivity contribution in [2.75, 3.05) is 39.3 Å². The summed E-state index contributed by atoms with van der Waals surface area (Å²) < 4.78 is 0. The summed E-state index contributed by atoms with van der Waals surface area (Å²) in [7, 11) is 0. The van der Waals surface area contributed by atoms with E-state index < -0.39 is 0 Å². The van der Waals surface area contributed by atoms with E-state index in [2.05, 4.69) is 41.3 Å². The van der Waals surface area contributed by atoms with Gasteiger partial charge in [-0.2, -0.15) is 0 Å². The highest BCUT2D eigenvalue weighted by molar-refractivity contribution is 7.10. The molecule has 5 nitrogen and oxygen atoms in total. The average Bonchev–Trinajstić information content (AvgIpc) is 3.42. The van der Waals surface area contributed by atoms with E-state index in [1.165, 1.54) is 11.1 Å². The number of rotatable bonds is 6. The second-order valence-corrected chi connectivity index (χ2v) is 10.7. The van der Waals surface area contributed by atoms with Crippen molar-refractivity contribution in [3.05, 3.63) is 94.2 Å². The molecule has 0 spiro atoms. The molecule has 5 rings (SSSR count). The van der Waals surface area contributed by atoms with Crippen LogP contribution in [0.4, 0.5) is 0 Å². The first kappa shape index (κ1) is 23.8. The molecular weight excluding hydrogens is 454 g/mol. The fourth-order valence-corrected chi connectivity index (χ4v) is 6.04. The van der Waals surface area contributed by atoms with Crippen LogP contribution in [0.25, 0.3) is 0 Å². The first-order valence-electron chi connectivity index (χ1n) is 12.6. The third-order valence-electron chi connectivity index (χ3n) is 7.26. The van der Waals surface area contributed by atoms with E-state index in [1.54, 1.807) is 11.3 Å². The highest BCUT2D eigenvalue weighted by Gasteiger charge is 2.37. The van der Waals surface area contributed by atoms with Gasteiger partial charge in [-0.15, -0.1) is 11.3 Å². The van der Waals surface area contributed by atoms with Crippen molar-refractivity contribution in [1.82, 2.24) is 14.7 Å². The van der Waals surface area contributed by atoms with Crippen molar-refractivity contribution in [1.29, 1.82) is 0 Å². The van der Waals surface area contributed by atoms with Gasteiger partial charge in [-0.3, -0.25) is 14.5 Å². The molecule has 182 valence electrons. The Bertz CT molecular complexity index is 1100. The molecular formula is C29H33N3O2S. The normalized spacial score (nSPS) is 21.1. The van der Waals surface area contributed by atoms with Crippen LogP contribution in [0.3, 0.4) is 0 Å². The Morgan fingerprint density at radius 3 is 2.20 bits per heavy atom. The lowest BCUT2D eigenvalue weighted by Gasteiger charge is -2.41. The van der Waals surface area contributed by atoms with Crippen LogP contribution >= 0.6 is 11.3 Å². The molecule has 0 bridgehead atoms. The summed E-state index contributed by atoms with van der Waals surface area (Å²) in [5.74, 6) is 0.366. The number of benzene rings is 2. The zero-order valence-electron chi connectivity index (χ0n) is 20.1. The van der Waals surface area contributed by atoms with Gasteiger partial charge in [0.1, 0.15) is 0 Å². The third kappa shape index (κ3) is 6.00. The van der Waals surface area contributed by atoms with Crippen LogP contribution in [0.2, 0.25) is 0 Å². The molecule has 0 N–H and O–H groups in total. The molecule has 1 aromatic heterocycles. The van der Waals surface area contributed by atoms with Crippen LogP contribution in [-0.2, 0) is 22.6 Å². The molecule has 3 heterocycles. The number of amides is 2. The number of hydrogen-bond acceptors (Lipinski definition) is 4. The highest BCUT2D eigenvalue weighted by atomic mass is 32.1. The fraction of sp³-hybridized carbons (Fsp3) is 0.379. The smallest absolute Gasteiger partial charge is 0.227 e. The van der Waals surface area contributed by atoms with E-state index in [0.717, 1.165) is 44.0 Å². The fourth-order valence-electron chi connectivity index (χ4n) is 5.35. The molecule has 2 fully saturated rings. The Morgan fingerprint density at radius 1 is 0.800 bits per heavy atom. The van der Waals surface area contributed by atoms with Crippen LogP contribution in [0.15, 0.2) is 78.2 Å². The molecule has 2 aliphatic heterocycles. The predicted molar refractivity (Wildman–Crippen MR) is 140 cm³/mol. The summed E-state index contributed by atoms with van der Waals surface area (Å²) in [5, 5.41) is 2.01. The molecule has 2 saturated heterocycles. The van der Waals surface area contributed by atoms with Gasteiger partial charge in [-0.05, 0) is 29.0 Å². The van der Waals surface area contributed by atoms with Gasteiger partial charge < -0.3 is 9.80 Å². The molecule has 0 aliphatic carbocycles. The minimum absolute atomic E-state index is 0.124. The second-order valence-electron chi connectivity index (χ2n) is 9.68. The number of likely N-dealkylation sites (tertiary alicyclic amines) is 1. The Labute approximate surface area is 212 Å². The number of thiophene rings is 1. The monoisotopic (exact) mass is 487 g/mol. The van der Waals surface area contributed by atoms with Crippen molar-refractivity contribution in [2.24, 2.45) is 5.92 Å². The Kier molecular flexibility index (Phi) is 7.60. The molecule has 2 amide bonds. The van der Waals surface area contributed by atoms with Crippen molar-refractivity contribution in [3.8, 4) is 0 Å². The van der Waals surface area contributed by atoms with Crippen molar-refractivity contribution in [3.63, 3.8) is 0 Å². The molecule has 0 saturated carbocycles. The highest BCUT2D eigenvalue weighted by Crippen LogP contribution is 2.32. The van der Waals surface area contributed by atoms with Crippen molar-refractivity contribution in [2.45, 2.75) is 25.3 Å². The minimum atomic E-state index is -0.151. The molecule has 2 aliphatic rings. The van der Waals surface area contributed by atoms with Crippen LogP contribution in [0.1, 0.15) is 28.3 Å². The summed E-state index contributed by atoms with van der Waals surface area (Å²) in [5.41, 5.74) is 2.52. The molecule has 2 aromatic carbocycles. The minimum Gasteiger partial charge on any atom is -0.341 e. The van der Waals surface area contributed by atoms with Gasteiger partial charge >= 0.3 is 0 Å². The third-order valence-corrected chi connectivity index (χ3v) is 8.14. The summed E-state index contributed by atoms with van der Waals surface area (Å²) >= 11 is 1.62. The molecule has 6 heteroatoms. The van der Waals surface area contributed by atoms with Crippen molar-refractivity contribution >= 4 is 23.2 Å². The van der Waals surface area contributed by atoms with Gasteiger partial charge in [0.05, 0.1) is 12.3 Å². The molecule has 2 unspecified atom stereocenters. The predicted octanol–water partition coefficient (Wildman–Crippen LogP) is 4.27. The second kappa shape index (κ2) is 11.2. The number of piperidine rings is 1. The number of piperazine rings is 1. The molecule has 3 aromatic rings. The van der Waals surface area contributed by atoms with E-state index >= 15 is 0 Å². The van der Waals surface area contributed by atoms with Crippen LogP contribution in [0.5, 0.6) is 0 Å². The molecule has 2 atom stereocenters. The van der Waals surface area contributed by atoms with Gasteiger partial charge in [0.2, 0.25) is 11.8 Å². The lowest BCUT2D eigenvalue weighted by Crippen LogP contribution is -2.53. The SMILES string of the molecule is O=C(Cc1cccs1)N1CC(C(=O)N2CCN(Cc3ccccc3)CC2)CC(c2ccccc2)C1.